The monoisotopic (exact) mass is 812 g/mol. The lowest BCUT2D eigenvalue weighted by Crippen LogP contribution is -2.36. The second-order valence-electron chi connectivity index (χ2n) is 17.4. The average molecular weight is 813 g/mol. The largest absolute Gasteiger partial charge is 0.462 e. The Bertz CT molecular complexity index is 1580. The maximum atomic E-state index is 12.8. The van der Waals surface area contributed by atoms with Gasteiger partial charge in [-0.2, -0.15) is 0 Å². The molecule has 2 N–H and O–H groups in total. The van der Waals surface area contributed by atoms with E-state index in [1.165, 1.54) is 50.7 Å². The third-order valence-electron chi connectivity index (χ3n) is 13.0. The van der Waals surface area contributed by atoms with Crippen LogP contribution in [0.5, 0.6) is 0 Å². The Morgan fingerprint density at radius 2 is 1.08 bits per heavy atom. The Balaban J connectivity index is 1.05. The molecule has 0 amide bonds. The molecule has 0 spiro atoms. The zero-order chi connectivity index (χ0) is 42.0. The van der Waals surface area contributed by atoms with Crippen LogP contribution in [0.4, 0.5) is 0 Å². The zero-order valence-electron chi connectivity index (χ0n) is 35.6. The van der Waals surface area contributed by atoms with Gasteiger partial charge in [-0.1, -0.05) is 76.7 Å². The molecule has 0 radical (unpaired) electrons. The molecule has 0 aromatic heterocycles. The summed E-state index contributed by atoms with van der Waals surface area (Å²) in [6.45, 7) is 4.37. The molecule has 0 heterocycles. The standard InChI is InChI=1S/C49H68N2O8/c1-3-5-7-34-9-19-38(20-10-34)48(54)58-42-24-13-36(14-25-42)17-29-46(52)56-32-40(44-28-23-41(50)31-45(44)51)33-57-47(53)30-18-37-15-26-43(27-16-37)59-49(55)39-21-11-35(12-22-39)8-6-4-2/h13,15,17-18,24,26,29-30,34-35,38-40,44,50-51H,3-12,14,16,19-23,25,27-28,31-33H2,1-2H3. The van der Waals surface area contributed by atoms with E-state index in [1.54, 1.807) is 24.3 Å². The Morgan fingerprint density at radius 1 is 0.627 bits per heavy atom. The number of nitrogens with one attached hydrogen (secondary N) is 2. The van der Waals surface area contributed by atoms with Gasteiger partial charge in [0.15, 0.2) is 0 Å². The fraction of sp³-hybridized carbons (Fsp3) is 0.633. The third kappa shape index (κ3) is 15.3. The van der Waals surface area contributed by atoms with Crippen molar-refractivity contribution in [1.82, 2.24) is 0 Å². The summed E-state index contributed by atoms with van der Waals surface area (Å²) in [4.78, 5) is 51.3. The van der Waals surface area contributed by atoms with Crippen LogP contribution >= 0.6 is 0 Å². The van der Waals surface area contributed by atoms with Crippen molar-refractivity contribution in [3.8, 4) is 0 Å². The summed E-state index contributed by atoms with van der Waals surface area (Å²) in [5.74, 6) is 0.703. The molecule has 0 aromatic carbocycles. The van der Waals surface area contributed by atoms with Gasteiger partial charge in [0.2, 0.25) is 0 Å². The van der Waals surface area contributed by atoms with Crippen LogP contribution in [0.3, 0.4) is 0 Å². The summed E-state index contributed by atoms with van der Waals surface area (Å²) in [6.07, 6.45) is 32.7. The molecular formula is C49H68N2O8. The lowest BCUT2D eigenvalue weighted by molar-refractivity contribution is -0.146. The maximum Gasteiger partial charge on any atom is 0.330 e. The molecule has 322 valence electrons. The molecule has 3 saturated carbocycles. The van der Waals surface area contributed by atoms with Crippen molar-refractivity contribution in [3.05, 3.63) is 71.3 Å². The highest BCUT2D eigenvalue weighted by molar-refractivity contribution is 6.05. The fourth-order valence-corrected chi connectivity index (χ4v) is 9.08. The van der Waals surface area contributed by atoms with E-state index in [4.69, 9.17) is 29.8 Å². The number of carbonyl (C=O) groups excluding carboxylic acids is 4. The minimum absolute atomic E-state index is 0.0254. The van der Waals surface area contributed by atoms with E-state index in [9.17, 15) is 19.2 Å². The van der Waals surface area contributed by atoms with E-state index < -0.39 is 17.9 Å². The fourth-order valence-electron chi connectivity index (χ4n) is 9.08. The molecular weight excluding hydrogens is 745 g/mol. The lowest BCUT2D eigenvalue weighted by Gasteiger charge is -2.30. The molecule has 0 aliphatic heterocycles. The summed E-state index contributed by atoms with van der Waals surface area (Å²) in [6, 6.07) is 0. The van der Waals surface area contributed by atoms with Gasteiger partial charge >= 0.3 is 23.9 Å². The molecule has 0 aromatic rings. The van der Waals surface area contributed by atoms with E-state index in [2.05, 4.69) is 13.8 Å². The predicted octanol–water partition coefficient (Wildman–Crippen LogP) is 10.9. The van der Waals surface area contributed by atoms with Gasteiger partial charge in [-0.15, -0.1) is 0 Å². The minimum Gasteiger partial charge on any atom is -0.462 e. The molecule has 5 aliphatic rings. The molecule has 10 heteroatoms. The average Bonchev–Trinajstić information content (AvgIpc) is 3.25. The Hall–Kier alpha value is -4.34. The van der Waals surface area contributed by atoms with Gasteiger partial charge in [0.05, 0.1) is 25.0 Å². The van der Waals surface area contributed by atoms with Crippen LogP contribution in [0, 0.1) is 46.3 Å². The van der Waals surface area contributed by atoms with E-state index in [-0.39, 0.29) is 49.3 Å². The van der Waals surface area contributed by atoms with Crippen molar-refractivity contribution in [2.24, 2.45) is 35.5 Å². The second-order valence-corrected chi connectivity index (χ2v) is 17.4. The van der Waals surface area contributed by atoms with Crippen LogP contribution in [0.25, 0.3) is 0 Å². The van der Waals surface area contributed by atoms with E-state index >= 15 is 0 Å². The molecule has 5 aliphatic carbocycles. The van der Waals surface area contributed by atoms with Crippen molar-refractivity contribution in [2.45, 2.75) is 149 Å². The van der Waals surface area contributed by atoms with Gasteiger partial charge < -0.3 is 29.8 Å². The van der Waals surface area contributed by atoms with Gasteiger partial charge in [-0.3, -0.25) is 9.59 Å². The first kappa shape index (κ1) is 45.7. The van der Waals surface area contributed by atoms with Gasteiger partial charge in [-0.25, -0.2) is 9.59 Å². The maximum absolute atomic E-state index is 12.8. The topological polar surface area (TPSA) is 153 Å². The number of hydrogen-bond acceptors (Lipinski definition) is 10. The zero-order valence-corrected chi connectivity index (χ0v) is 35.6. The second kappa shape index (κ2) is 24.0. The van der Waals surface area contributed by atoms with Gasteiger partial charge in [0.25, 0.3) is 0 Å². The molecule has 0 saturated heterocycles. The van der Waals surface area contributed by atoms with Crippen LogP contribution in [-0.2, 0) is 38.1 Å². The molecule has 10 nitrogen and oxygen atoms in total. The van der Waals surface area contributed by atoms with Crippen LogP contribution in [0.1, 0.15) is 149 Å². The number of allylic oxidation sites excluding steroid dienone is 10. The van der Waals surface area contributed by atoms with Crippen molar-refractivity contribution in [2.75, 3.05) is 13.2 Å². The summed E-state index contributed by atoms with van der Waals surface area (Å²) < 4.78 is 22.8. The lowest BCUT2D eigenvalue weighted by atomic mass is 9.78. The van der Waals surface area contributed by atoms with Crippen molar-refractivity contribution in [1.29, 1.82) is 10.8 Å². The van der Waals surface area contributed by atoms with E-state index in [0.29, 0.717) is 61.5 Å². The smallest absolute Gasteiger partial charge is 0.330 e. The number of hydrogen-bond donors (Lipinski definition) is 2. The predicted molar refractivity (Wildman–Crippen MR) is 229 cm³/mol. The molecule has 5 rings (SSSR count). The number of rotatable bonds is 19. The molecule has 0 bridgehead atoms. The Morgan fingerprint density at radius 3 is 1.47 bits per heavy atom. The quantitative estimate of drug-likeness (QED) is 0.0742. The van der Waals surface area contributed by atoms with Gasteiger partial charge in [0, 0.05) is 54.7 Å². The van der Waals surface area contributed by atoms with Gasteiger partial charge in [0.1, 0.15) is 11.5 Å². The summed E-state index contributed by atoms with van der Waals surface area (Å²) >= 11 is 0. The van der Waals surface area contributed by atoms with E-state index in [1.807, 2.05) is 12.2 Å². The van der Waals surface area contributed by atoms with Crippen LogP contribution < -0.4 is 0 Å². The van der Waals surface area contributed by atoms with Gasteiger partial charge in [-0.05, 0) is 112 Å². The normalized spacial score (nSPS) is 25.7. The minimum atomic E-state index is -0.537. The first-order valence-electron chi connectivity index (χ1n) is 22.7. The highest BCUT2D eigenvalue weighted by Crippen LogP contribution is 2.35. The molecule has 1 atom stereocenters. The summed E-state index contributed by atoms with van der Waals surface area (Å²) in [5.41, 5.74) is 2.72. The first-order chi connectivity index (χ1) is 28.6. The number of unbranched alkanes of at least 4 members (excludes halogenated alkanes) is 2. The highest BCUT2D eigenvalue weighted by atomic mass is 16.6. The Labute approximate surface area is 352 Å². The first-order valence-corrected chi connectivity index (χ1v) is 22.7. The molecule has 59 heavy (non-hydrogen) atoms. The number of ether oxygens (including phenoxy) is 4. The Kier molecular flexibility index (Phi) is 18.6. The van der Waals surface area contributed by atoms with Crippen molar-refractivity contribution >= 4 is 35.3 Å². The highest BCUT2D eigenvalue weighted by Gasteiger charge is 2.32. The van der Waals surface area contributed by atoms with Crippen molar-refractivity contribution in [3.63, 3.8) is 0 Å². The molecule has 3 fully saturated rings. The van der Waals surface area contributed by atoms with E-state index in [0.717, 1.165) is 74.3 Å². The number of esters is 4. The summed E-state index contributed by atoms with van der Waals surface area (Å²) in [5, 5.41) is 16.6. The SMILES string of the molecule is CCCCC1CCC(C(=O)OC2=CC=C(C=CC(=O)OCC(COC(=O)C=CC3=CC=C(OC(=O)C4CCC(CCCC)CC4)CC3)C3CCC(=N)CC3=N)CC2)CC1. The van der Waals surface area contributed by atoms with Crippen LogP contribution in [0.2, 0.25) is 0 Å². The van der Waals surface area contributed by atoms with Crippen LogP contribution in [-0.4, -0.2) is 48.5 Å². The van der Waals surface area contributed by atoms with Crippen LogP contribution in [0.15, 0.2) is 71.3 Å². The summed E-state index contributed by atoms with van der Waals surface area (Å²) in [7, 11) is 0. The molecule has 1 unspecified atom stereocenters. The van der Waals surface area contributed by atoms with Crippen molar-refractivity contribution < 1.29 is 38.1 Å². The third-order valence-corrected chi connectivity index (χ3v) is 13.0. The number of carbonyl (C=O) groups is 4.